The van der Waals surface area contributed by atoms with E-state index in [0.717, 1.165) is 77.0 Å². The first kappa shape index (κ1) is 77.6. The summed E-state index contributed by atoms with van der Waals surface area (Å²) in [6.07, 6.45) is 92.0. The number of unbranched alkanes of at least 4 members (excludes halogenated alkanes) is 39. The summed E-state index contributed by atoms with van der Waals surface area (Å²) in [5.41, 5.74) is 0. The van der Waals surface area contributed by atoms with Gasteiger partial charge in [-0.15, -0.1) is 0 Å². The fourth-order valence-electron chi connectivity index (χ4n) is 10.2. The number of allylic oxidation sites excluding steroid dienone is 14. The van der Waals surface area contributed by atoms with Crippen LogP contribution in [0.25, 0.3) is 0 Å². The Labute approximate surface area is 503 Å². The van der Waals surface area contributed by atoms with Crippen LogP contribution in [0.1, 0.15) is 355 Å². The molecule has 0 amide bonds. The van der Waals surface area contributed by atoms with E-state index in [-0.39, 0.29) is 37.5 Å². The van der Waals surface area contributed by atoms with E-state index in [4.69, 9.17) is 14.2 Å². The highest BCUT2D eigenvalue weighted by Crippen LogP contribution is 2.18. The van der Waals surface area contributed by atoms with Crippen LogP contribution < -0.4 is 0 Å². The molecule has 0 aromatic rings. The molecule has 0 saturated carbocycles. The molecule has 0 aromatic carbocycles. The van der Waals surface area contributed by atoms with Gasteiger partial charge >= 0.3 is 17.9 Å². The Morgan fingerprint density at radius 2 is 0.506 bits per heavy atom. The van der Waals surface area contributed by atoms with Gasteiger partial charge in [-0.25, -0.2) is 0 Å². The summed E-state index contributed by atoms with van der Waals surface area (Å²) >= 11 is 0. The molecule has 1 atom stereocenters. The zero-order chi connectivity index (χ0) is 58.5. The van der Waals surface area contributed by atoms with Gasteiger partial charge in [0, 0.05) is 19.3 Å². The topological polar surface area (TPSA) is 78.9 Å². The van der Waals surface area contributed by atoms with Crippen LogP contribution >= 0.6 is 0 Å². The predicted octanol–water partition coefficient (Wildman–Crippen LogP) is 24.2. The van der Waals surface area contributed by atoms with Crippen LogP contribution in [-0.4, -0.2) is 37.2 Å². The van der Waals surface area contributed by atoms with Gasteiger partial charge in [-0.05, 0) is 83.5 Å². The average molecular weight is 1130 g/mol. The summed E-state index contributed by atoms with van der Waals surface area (Å²) in [5, 5.41) is 0. The van der Waals surface area contributed by atoms with Crippen LogP contribution in [0.15, 0.2) is 85.1 Å². The Morgan fingerprint density at radius 1 is 0.259 bits per heavy atom. The normalized spacial score (nSPS) is 12.6. The van der Waals surface area contributed by atoms with Gasteiger partial charge in [-0.3, -0.25) is 14.4 Å². The minimum Gasteiger partial charge on any atom is -0.462 e. The zero-order valence-corrected chi connectivity index (χ0v) is 53.8. The fraction of sp³-hybridized carbons (Fsp3) is 0.773. The standard InChI is InChI=1S/C75H132O6/c1-4-7-10-13-16-19-22-25-28-31-33-34-35-36-37-38-39-40-42-44-47-50-53-56-59-62-65-68-74(77)80-71-72(70-79-73(76)67-64-61-58-55-52-49-46-43-30-27-24-21-18-15-12-9-6-3)81-75(78)69-66-63-60-57-54-51-48-45-41-32-29-26-23-20-17-14-11-8-5-2/h8,11,17,20,26,29,31,33,41,45,51,54,60,63,72H,4-7,9-10,12-16,18-19,21-25,27-28,30,32,34-40,42-44,46-50,52-53,55-59,61-62,64-71H2,1-3H3/b11-8-,20-17-,29-26-,33-31-,45-41-,54-51-,63-60-. The van der Waals surface area contributed by atoms with Crippen LogP contribution in [0.4, 0.5) is 0 Å². The number of ether oxygens (including phenoxy) is 3. The lowest BCUT2D eigenvalue weighted by molar-refractivity contribution is -0.166. The van der Waals surface area contributed by atoms with E-state index in [9.17, 15) is 14.4 Å². The molecule has 0 saturated heterocycles. The SMILES string of the molecule is CC/C=C\C/C=C\C/C=C\C/C=C\C/C=C\C/C=C\CCC(=O)OC(COC(=O)CCCCCCCCCCCCCCCCC/C=C\CCCCCCCCCC)COC(=O)CCCCCCCCCCCCCCCCCCC. The van der Waals surface area contributed by atoms with Gasteiger partial charge in [-0.2, -0.15) is 0 Å². The molecular weight excluding hydrogens is 997 g/mol. The molecule has 0 fully saturated rings. The van der Waals surface area contributed by atoms with E-state index >= 15 is 0 Å². The maximum Gasteiger partial charge on any atom is 0.306 e. The van der Waals surface area contributed by atoms with Gasteiger partial charge in [0.1, 0.15) is 13.2 Å². The van der Waals surface area contributed by atoms with Crippen LogP contribution in [0.3, 0.4) is 0 Å². The minimum absolute atomic E-state index is 0.103. The van der Waals surface area contributed by atoms with Gasteiger partial charge < -0.3 is 14.2 Å². The van der Waals surface area contributed by atoms with Crippen LogP contribution in [0.2, 0.25) is 0 Å². The summed E-state index contributed by atoms with van der Waals surface area (Å²) in [5.74, 6) is -0.968. The molecule has 0 aliphatic rings. The summed E-state index contributed by atoms with van der Waals surface area (Å²) in [7, 11) is 0. The van der Waals surface area contributed by atoms with Crippen molar-refractivity contribution >= 4 is 17.9 Å². The number of carbonyl (C=O) groups excluding carboxylic acids is 3. The number of hydrogen-bond donors (Lipinski definition) is 0. The van der Waals surface area contributed by atoms with E-state index in [1.807, 2.05) is 6.08 Å². The molecule has 0 rings (SSSR count). The summed E-state index contributed by atoms with van der Waals surface area (Å²) < 4.78 is 16.9. The van der Waals surface area contributed by atoms with E-state index in [1.165, 1.54) is 231 Å². The second-order valence-corrected chi connectivity index (χ2v) is 23.4. The molecule has 6 nitrogen and oxygen atoms in total. The van der Waals surface area contributed by atoms with Crippen molar-refractivity contribution in [3.8, 4) is 0 Å². The van der Waals surface area contributed by atoms with Crippen molar-refractivity contribution in [1.29, 1.82) is 0 Å². The van der Waals surface area contributed by atoms with Crippen LogP contribution in [0.5, 0.6) is 0 Å². The third kappa shape index (κ3) is 67.3. The molecule has 0 spiro atoms. The lowest BCUT2D eigenvalue weighted by Crippen LogP contribution is -2.30. The zero-order valence-electron chi connectivity index (χ0n) is 53.8. The Bertz CT molecular complexity index is 1530. The molecule has 0 aliphatic heterocycles. The molecular formula is C75H132O6. The van der Waals surface area contributed by atoms with E-state index < -0.39 is 6.10 Å². The van der Waals surface area contributed by atoms with Gasteiger partial charge in [-0.1, -0.05) is 337 Å². The van der Waals surface area contributed by atoms with Crippen molar-refractivity contribution < 1.29 is 28.6 Å². The van der Waals surface area contributed by atoms with Gasteiger partial charge in [0.15, 0.2) is 6.10 Å². The summed E-state index contributed by atoms with van der Waals surface area (Å²) in [6.45, 7) is 6.52. The number of hydrogen-bond acceptors (Lipinski definition) is 6. The first-order valence-corrected chi connectivity index (χ1v) is 35.1. The molecule has 0 N–H and O–H groups in total. The second-order valence-electron chi connectivity index (χ2n) is 23.4. The van der Waals surface area contributed by atoms with Crippen molar-refractivity contribution in [2.45, 2.75) is 361 Å². The second kappa shape index (κ2) is 69.1. The number of rotatable bonds is 64. The maximum absolute atomic E-state index is 12.9. The van der Waals surface area contributed by atoms with Crippen molar-refractivity contribution in [2.24, 2.45) is 0 Å². The Balaban J connectivity index is 4.36. The first-order chi connectivity index (χ1) is 40.0. The van der Waals surface area contributed by atoms with Crippen molar-refractivity contribution in [3.05, 3.63) is 85.1 Å². The summed E-state index contributed by atoms with van der Waals surface area (Å²) in [4.78, 5) is 38.4. The molecule has 0 aromatic heterocycles. The Morgan fingerprint density at radius 3 is 0.802 bits per heavy atom. The summed E-state index contributed by atoms with van der Waals surface area (Å²) in [6, 6.07) is 0. The smallest absolute Gasteiger partial charge is 0.306 e. The molecule has 468 valence electrons. The van der Waals surface area contributed by atoms with Crippen molar-refractivity contribution in [2.75, 3.05) is 13.2 Å². The number of esters is 3. The van der Waals surface area contributed by atoms with E-state index in [0.29, 0.717) is 19.3 Å². The van der Waals surface area contributed by atoms with Gasteiger partial charge in [0.25, 0.3) is 0 Å². The lowest BCUT2D eigenvalue weighted by atomic mass is 10.0. The Kier molecular flexibility index (Phi) is 66.2. The largest absolute Gasteiger partial charge is 0.462 e. The average Bonchev–Trinajstić information content (AvgIpc) is 3.47. The van der Waals surface area contributed by atoms with Crippen molar-refractivity contribution in [3.63, 3.8) is 0 Å². The van der Waals surface area contributed by atoms with Crippen molar-refractivity contribution in [1.82, 2.24) is 0 Å². The van der Waals surface area contributed by atoms with Crippen LogP contribution in [0, 0.1) is 0 Å². The molecule has 0 heterocycles. The third-order valence-corrected chi connectivity index (χ3v) is 15.4. The monoisotopic (exact) mass is 1130 g/mol. The van der Waals surface area contributed by atoms with E-state index in [1.54, 1.807) is 0 Å². The third-order valence-electron chi connectivity index (χ3n) is 15.4. The van der Waals surface area contributed by atoms with Gasteiger partial charge in [0.2, 0.25) is 0 Å². The minimum atomic E-state index is -0.817. The molecule has 0 radical (unpaired) electrons. The Hall–Kier alpha value is -3.41. The first-order valence-electron chi connectivity index (χ1n) is 35.1. The molecule has 1 unspecified atom stereocenters. The van der Waals surface area contributed by atoms with E-state index in [2.05, 4.69) is 99.8 Å². The maximum atomic E-state index is 12.9. The molecule has 6 heteroatoms. The highest BCUT2D eigenvalue weighted by atomic mass is 16.6. The fourth-order valence-corrected chi connectivity index (χ4v) is 10.2. The highest BCUT2D eigenvalue weighted by Gasteiger charge is 2.19. The molecule has 0 bridgehead atoms. The quantitative estimate of drug-likeness (QED) is 0.0261. The van der Waals surface area contributed by atoms with Gasteiger partial charge in [0.05, 0.1) is 0 Å². The lowest BCUT2D eigenvalue weighted by Gasteiger charge is -2.18. The van der Waals surface area contributed by atoms with Crippen LogP contribution in [-0.2, 0) is 28.6 Å². The highest BCUT2D eigenvalue weighted by molar-refractivity contribution is 5.71. The molecule has 0 aliphatic carbocycles. The number of carbonyl (C=O) groups is 3. The molecule has 81 heavy (non-hydrogen) atoms. The predicted molar refractivity (Wildman–Crippen MR) is 353 cm³/mol.